The van der Waals surface area contributed by atoms with Crippen LogP contribution in [0.25, 0.3) is 11.8 Å². The summed E-state index contributed by atoms with van der Waals surface area (Å²) in [5.41, 5.74) is 1.03. The van der Waals surface area contributed by atoms with E-state index in [1.807, 2.05) is 30.3 Å². The van der Waals surface area contributed by atoms with E-state index in [0.717, 1.165) is 5.56 Å². The van der Waals surface area contributed by atoms with Gasteiger partial charge in [0.15, 0.2) is 18.1 Å². The van der Waals surface area contributed by atoms with E-state index in [9.17, 15) is 9.59 Å². The number of hydrogen-bond acceptors (Lipinski definition) is 6. The Labute approximate surface area is 170 Å². The van der Waals surface area contributed by atoms with Crippen LogP contribution in [-0.2, 0) is 9.53 Å². The van der Waals surface area contributed by atoms with Crippen molar-refractivity contribution in [2.24, 2.45) is 0 Å². The summed E-state index contributed by atoms with van der Waals surface area (Å²) in [6.07, 6.45) is 1.57. The predicted octanol–water partition coefficient (Wildman–Crippen LogP) is 3.71. The van der Waals surface area contributed by atoms with E-state index in [1.54, 1.807) is 13.0 Å². The molecular weight excluding hydrogens is 403 g/mol. The van der Waals surface area contributed by atoms with Crippen molar-refractivity contribution in [3.05, 3.63) is 75.5 Å². The highest BCUT2D eigenvalue weighted by Gasteiger charge is 2.20. The van der Waals surface area contributed by atoms with Crippen LogP contribution in [0.4, 0.5) is 0 Å². The maximum absolute atomic E-state index is 12.7. The molecule has 0 aliphatic carbocycles. The zero-order chi connectivity index (χ0) is 20.1. The molecule has 0 radical (unpaired) electrons. The molecule has 2 aromatic carbocycles. The molecule has 0 N–H and O–H groups in total. The Kier molecular flexibility index (Phi) is 6.18. The van der Waals surface area contributed by atoms with Crippen LogP contribution < -0.4 is 0 Å². The van der Waals surface area contributed by atoms with Gasteiger partial charge in [-0.05, 0) is 47.2 Å². The predicted molar refractivity (Wildman–Crippen MR) is 105 cm³/mol. The number of ketones is 1. The van der Waals surface area contributed by atoms with E-state index < -0.39 is 18.4 Å². The van der Waals surface area contributed by atoms with Crippen molar-refractivity contribution < 1.29 is 14.3 Å². The highest BCUT2D eigenvalue weighted by molar-refractivity contribution is 6.36. The first-order chi connectivity index (χ1) is 13.5. The lowest BCUT2D eigenvalue weighted by atomic mass is 10.1. The minimum absolute atomic E-state index is 0.0729. The molecule has 9 heteroatoms. The normalized spacial score (nSPS) is 11.3. The summed E-state index contributed by atoms with van der Waals surface area (Å²) in [5.74, 6) is -0.814. The number of benzene rings is 2. The number of carbonyl (C=O) groups is 2. The molecule has 0 aliphatic heterocycles. The Bertz CT molecular complexity index is 1050. The quantitative estimate of drug-likeness (QED) is 0.345. The zero-order valence-electron chi connectivity index (χ0n) is 14.7. The van der Waals surface area contributed by atoms with Gasteiger partial charge in [-0.15, -0.1) is 5.10 Å². The van der Waals surface area contributed by atoms with E-state index in [2.05, 4.69) is 15.5 Å². The number of tetrazole rings is 1. The molecule has 3 aromatic rings. The second-order valence-corrected chi connectivity index (χ2v) is 6.55. The zero-order valence-corrected chi connectivity index (χ0v) is 16.2. The number of carbonyl (C=O) groups excluding carboxylic acids is 2. The number of Topliss-reactive ketones (excluding diaryl/α,β-unsaturated/α-hetero) is 1. The maximum atomic E-state index is 12.7. The van der Waals surface area contributed by atoms with Crippen LogP contribution >= 0.6 is 23.2 Å². The van der Waals surface area contributed by atoms with E-state index in [4.69, 9.17) is 27.9 Å². The molecule has 0 atom stereocenters. The summed E-state index contributed by atoms with van der Waals surface area (Å²) in [7, 11) is 0. The average molecular weight is 417 g/mol. The third kappa shape index (κ3) is 4.62. The number of hydrogen-bond donors (Lipinski definition) is 0. The van der Waals surface area contributed by atoms with Crippen molar-refractivity contribution in [1.82, 2.24) is 20.2 Å². The maximum Gasteiger partial charge on any atom is 0.357 e. The van der Waals surface area contributed by atoms with E-state index >= 15 is 0 Å². The van der Waals surface area contributed by atoms with Gasteiger partial charge in [0.2, 0.25) is 5.78 Å². The summed E-state index contributed by atoms with van der Waals surface area (Å²) in [4.78, 5) is 25.0. The smallest absolute Gasteiger partial charge is 0.357 e. The minimum atomic E-state index is -0.752. The number of aryl methyl sites for hydroxylation is 1. The first kappa shape index (κ1) is 19.7. The molecule has 0 saturated carbocycles. The molecule has 0 amide bonds. The first-order valence-corrected chi connectivity index (χ1v) is 8.89. The van der Waals surface area contributed by atoms with Gasteiger partial charge < -0.3 is 4.74 Å². The van der Waals surface area contributed by atoms with Crippen LogP contribution in [0.1, 0.15) is 21.7 Å². The fourth-order valence-corrected chi connectivity index (χ4v) is 2.88. The SMILES string of the molecule is Cc1nnnn1/C(=C\c1ccccc1)C(=O)OCC(=O)c1ccc(Cl)cc1Cl. The topological polar surface area (TPSA) is 87.0 Å². The lowest BCUT2D eigenvalue weighted by Crippen LogP contribution is -2.19. The number of nitrogens with zero attached hydrogens (tertiary/aromatic N) is 4. The fraction of sp³-hybridized carbons (Fsp3) is 0.105. The van der Waals surface area contributed by atoms with Crippen molar-refractivity contribution >= 4 is 46.7 Å². The monoisotopic (exact) mass is 416 g/mol. The van der Waals surface area contributed by atoms with Gasteiger partial charge in [-0.1, -0.05) is 53.5 Å². The second-order valence-electron chi connectivity index (χ2n) is 5.70. The summed E-state index contributed by atoms with van der Waals surface area (Å²) in [6, 6.07) is 13.6. The van der Waals surface area contributed by atoms with Gasteiger partial charge in [0.1, 0.15) is 0 Å². The van der Waals surface area contributed by atoms with E-state index in [-0.39, 0.29) is 16.3 Å². The van der Waals surface area contributed by atoms with Gasteiger partial charge in [-0.2, -0.15) is 4.68 Å². The fourth-order valence-electron chi connectivity index (χ4n) is 2.37. The van der Waals surface area contributed by atoms with Crippen LogP contribution in [0.2, 0.25) is 10.0 Å². The lowest BCUT2D eigenvalue weighted by Gasteiger charge is -2.09. The largest absolute Gasteiger partial charge is 0.453 e. The van der Waals surface area contributed by atoms with Crippen molar-refractivity contribution in [2.75, 3.05) is 6.61 Å². The lowest BCUT2D eigenvalue weighted by molar-refractivity contribution is -0.136. The van der Waals surface area contributed by atoms with Gasteiger partial charge in [-0.3, -0.25) is 4.79 Å². The van der Waals surface area contributed by atoms with Gasteiger partial charge in [0, 0.05) is 10.6 Å². The Hall–Kier alpha value is -3.03. The van der Waals surface area contributed by atoms with Gasteiger partial charge in [0.25, 0.3) is 0 Å². The van der Waals surface area contributed by atoms with Crippen LogP contribution in [0, 0.1) is 6.92 Å². The highest BCUT2D eigenvalue weighted by Crippen LogP contribution is 2.22. The van der Waals surface area contributed by atoms with Crippen molar-refractivity contribution in [1.29, 1.82) is 0 Å². The Balaban J connectivity index is 1.81. The summed E-state index contributed by atoms with van der Waals surface area (Å²) in [5, 5.41) is 11.7. The first-order valence-electron chi connectivity index (χ1n) is 8.13. The molecule has 7 nitrogen and oxygen atoms in total. The van der Waals surface area contributed by atoms with Crippen molar-refractivity contribution in [3.63, 3.8) is 0 Å². The molecule has 3 rings (SSSR count). The van der Waals surface area contributed by atoms with Crippen LogP contribution in [0.5, 0.6) is 0 Å². The van der Waals surface area contributed by atoms with Gasteiger partial charge in [0.05, 0.1) is 5.02 Å². The molecule has 0 saturated heterocycles. The third-order valence-corrected chi connectivity index (χ3v) is 4.28. The van der Waals surface area contributed by atoms with Crippen molar-refractivity contribution in [2.45, 2.75) is 6.92 Å². The molecule has 0 bridgehead atoms. The summed E-state index contributed by atoms with van der Waals surface area (Å²) in [6.45, 7) is 1.15. The molecule has 0 spiro atoms. The van der Waals surface area contributed by atoms with E-state index in [0.29, 0.717) is 10.8 Å². The molecule has 0 unspecified atom stereocenters. The molecule has 28 heavy (non-hydrogen) atoms. The Morgan fingerprint density at radius 3 is 2.54 bits per heavy atom. The summed E-state index contributed by atoms with van der Waals surface area (Å²) >= 11 is 11.9. The second kappa shape index (κ2) is 8.77. The molecule has 1 aromatic heterocycles. The minimum Gasteiger partial charge on any atom is -0.453 e. The number of rotatable bonds is 6. The number of esters is 1. The molecule has 142 valence electrons. The standard InChI is InChI=1S/C19H14Cl2N4O3/c1-12-22-23-24-25(12)17(9-13-5-3-2-4-6-13)19(27)28-11-18(26)15-8-7-14(20)10-16(15)21/h2-10H,11H2,1H3/b17-9-. The molecule has 0 fully saturated rings. The average Bonchev–Trinajstić information content (AvgIpc) is 3.10. The highest BCUT2D eigenvalue weighted by atomic mass is 35.5. The molecule has 0 aliphatic rings. The van der Waals surface area contributed by atoms with E-state index in [1.165, 1.54) is 22.9 Å². The number of halogens is 2. The summed E-state index contributed by atoms with van der Waals surface area (Å²) < 4.78 is 6.44. The number of ether oxygens (including phenoxy) is 1. The Morgan fingerprint density at radius 1 is 1.14 bits per heavy atom. The third-order valence-electron chi connectivity index (χ3n) is 3.73. The van der Waals surface area contributed by atoms with Gasteiger partial charge >= 0.3 is 5.97 Å². The van der Waals surface area contributed by atoms with Crippen molar-refractivity contribution in [3.8, 4) is 0 Å². The molecule has 1 heterocycles. The van der Waals surface area contributed by atoms with Crippen LogP contribution in [-0.4, -0.2) is 38.6 Å². The van der Waals surface area contributed by atoms with Gasteiger partial charge in [-0.25, -0.2) is 4.79 Å². The number of aromatic nitrogens is 4. The Morgan fingerprint density at radius 2 is 1.89 bits per heavy atom. The van der Waals surface area contributed by atoms with Crippen LogP contribution in [0.15, 0.2) is 48.5 Å². The van der Waals surface area contributed by atoms with Crippen LogP contribution in [0.3, 0.4) is 0 Å². The molecular formula is C19H14Cl2N4O3.